The Hall–Kier alpha value is -3.29. The van der Waals surface area contributed by atoms with Crippen molar-refractivity contribution in [1.82, 2.24) is 0 Å². The van der Waals surface area contributed by atoms with Crippen molar-refractivity contribution in [1.29, 1.82) is 5.26 Å². The molecule has 4 nitrogen and oxygen atoms in total. The topological polar surface area (TPSA) is 59.3 Å². The average Bonchev–Trinajstić information content (AvgIpc) is 2.75. The average molecular weight is 404 g/mol. The summed E-state index contributed by atoms with van der Waals surface area (Å²) >= 11 is 6.06. The van der Waals surface area contributed by atoms with E-state index in [-0.39, 0.29) is 5.78 Å². The summed E-state index contributed by atoms with van der Waals surface area (Å²) in [6.45, 7) is 2.27. The number of carbonyl (C=O) groups excluding carboxylic acids is 1. The van der Waals surface area contributed by atoms with Crippen molar-refractivity contribution in [3.63, 3.8) is 0 Å². The van der Waals surface area contributed by atoms with Crippen molar-refractivity contribution < 1.29 is 14.3 Å². The number of carbonyl (C=O) groups is 1. The lowest BCUT2D eigenvalue weighted by atomic mass is 9.99. The van der Waals surface area contributed by atoms with Crippen LogP contribution in [0.1, 0.15) is 45.1 Å². The first-order valence-corrected chi connectivity index (χ1v) is 9.66. The monoisotopic (exact) mass is 403 g/mol. The molecule has 144 valence electrons. The van der Waals surface area contributed by atoms with Crippen LogP contribution in [0.15, 0.2) is 60.7 Å². The predicted octanol–water partition coefficient (Wildman–Crippen LogP) is 5.65. The van der Waals surface area contributed by atoms with Crippen molar-refractivity contribution in [3.8, 4) is 17.6 Å². The van der Waals surface area contributed by atoms with Gasteiger partial charge < -0.3 is 9.47 Å². The third-order valence-corrected chi connectivity index (χ3v) is 5.24. The SMILES string of the molecule is Cc1c(O[C@@H](c2ccc(Cl)cc2)c2ccc(C#N)cc2)ccc2c1OCCC2=O. The van der Waals surface area contributed by atoms with Crippen molar-refractivity contribution in [3.05, 3.63) is 93.5 Å². The molecule has 1 atom stereocenters. The lowest BCUT2D eigenvalue weighted by Gasteiger charge is -2.24. The van der Waals surface area contributed by atoms with Crippen LogP contribution in [0.4, 0.5) is 0 Å². The molecule has 29 heavy (non-hydrogen) atoms. The molecule has 0 saturated carbocycles. The Morgan fingerprint density at radius 2 is 1.69 bits per heavy atom. The third-order valence-electron chi connectivity index (χ3n) is 4.99. The van der Waals surface area contributed by atoms with E-state index in [4.69, 9.17) is 26.3 Å². The molecule has 1 heterocycles. The van der Waals surface area contributed by atoms with Crippen LogP contribution in [0.2, 0.25) is 5.02 Å². The Kier molecular flexibility index (Phi) is 5.24. The first-order chi connectivity index (χ1) is 14.1. The fourth-order valence-electron chi connectivity index (χ4n) is 3.41. The van der Waals surface area contributed by atoms with Crippen LogP contribution in [-0.4, -0.2) is 12.4 Å². The van der Waals surface area contributed by atoms with Crippen LogP contribution in [0, 0.1) is 18.3 Å². The van der Waals surface area contributed by atoms with Gasteiger partial charge >= 0.3 is 0 Å². The minimum Gasteiger partial charge on any atom is -0.492 e. The lowest BCUT2D eigenvalue weighted by molar-refractivity contribution is 0.0932. The summed E-state index contributed by atoms with van der Waals surface area (Å²) in [4.78, 5) is 12.1. The smallest absolute Gasteiger partial charge is 0.170 e. The highest BCUT2D eigenvalue weighted by molar-refractivity contribution is 6.30. The number of Topliss-reactive ketones (excluding diaryl/α,β-unsaturated/α-hetero) is 1. The van der Waals surface area contributed by atoms with E-state index >= 15 is 0 Å². The van der Waals surface area contributed by atoms with Crippen LogP contribution < -0.4 is 9.47 Å². The molecule has 5 heteroatoms. The molecule has 0 saturated heterocycles. The number of rotatable bonds is 4. The molecule has 3 aromatic carbocycles. The molecule has 0 spiro atoms. The van der Waals surface area contributed by atoms with Gasteiger partial charge in [0.05, 0.1) is 23.8 Å². The molecule has 0 fully saturated rings. The molecule has 0 unspecified atom stereocenters. The second-order valence-corrected chi connectivity index (χ2v) is 7.31. The van der Waals surface area contributed by atoms with E-state index in [2.05, 4.69) is 6.07 Å². The highest BCUT2D eigenvalue weighted by atomic mass is 35.5. The molecular formula is C24H18ClNO3. The van der Waals surface area contributed by atoms with Gasteiger partial charge in [-0.2, -0.15) is 5.26 Å². The second kappa shape index (κ2) is 7.98. The van der Waals surface area contributed by atoms with Crippen LogP contribution in [0.25, 0.3) is 0 Å². The van der Waals surface area contributed by atoms with Crippen LogP contribution in [-0.2, 0) is 0 Å². The largest absolute Gasteiger partial charge is 0.492 e. The minimum absolute atomic E-state index is 0.0854. The predicted molar refractivity (Wildman–Crippen MR) is 111 cm³/mol. The van der Waals surface area contributed by atoms with E-state index in [0.717, 1.165) is 16.7 Å². The number of benzene rings is 3. The number of nitrogens with zero attached hydrogens (tertiary/aromatic N) is 1. The summed E-state index contributed by atoms with van der Waals surface area (Å²) in [6.07, 6.45) is -0.0123. The van der Waals surface area contributed by atoms with Gasteiger partial charge in [-0.15, -0.1) is 0 Å². The van der Waals surface area contributed by atoms with E-state index < -0.39 is 6.10 Å². The molecule has 0 aliphatic carbocycles. The quantitative estimate of drug-likeness (QED) is 0.564. The van der Waals surface area contributed by atoms with E-state index in [9.17, 15) is 4.79 Å². The van der Waals surface area contributed by atoms with Gasteiger partial charge in [-0.25, -0.2) is 0 Å². The Bertz CT molecular complexity index is 1100. The second-order valence-electron chi connectivity index (χ2n) is 6.87. The number of halogens is 1. The zero-order chi connectivity index (χ0) is 20.4. The fraction of sp³-hybridized carbons (Fsp3) is 0.167. The van der Waals surface area contributed by atoms with Gasteiger partial charge in [0.25, 0.3) is 0 Å². The fourth-order valence-corrected chi connectivity index (χ4v) is 3.54. The molecule has 0 amide bonds. The number of ketones is 1. The highest BCUT2D eigenvalue weighted by Gasteiger charge is 2.24. The van der Waals surface area contributed by atoms with Gasteiger partial charge in [-0.3, -0.25) is 4.79 Å². The van der Waals surface area contributed by atoms with Crippen LogP contribution in [0.3, 0.4) is 0 Å². The first-order valence-electron chi connectivity index (χ1n) is 9.28. The number of nitriles is 1. The van der Waals surface area contributed by atoms with E-state index in [0.29, 0.717) is 40.7 Å². The maximum Gasteiger partial charge on any atom is 0.170 e. The number of hydrogen-bond acceptors (Lipinski definition) is 4. The zero-order valence-corrected chi connectivity index (χ0v) is 16.6. The molecular weight excluding hydrogens is 386 g/mol. The Morgan fingerprint density at radius 3 is 2.34 bits per heavy atom. The molecule has 0 bridgehead atoms. The molecule has 0 aromatic heterocycles. The summed E-state index contributed by atoms with van der Waals surface area (Å²) in [5, 5.41) is 9.73. The van der Waals surface area contributed by atoms with Gasteiger partial charge in [0.1, 0.15) is 17.6 Å². The van der Waals surface area contributed by atoms with Gasteiger partial charge in [0.2, 0.25) is 0 Å². The summed E-state index contributed by atoms with van der Waals surface area (Å²) in [6, 6.07) is 20.5. The molecule has 4 rings (SSSR count). The number of ether oxygens (including phenoxy) is 2. The Morgan fingerprint density at radius 1 is 1.03 bits per heavy atom. The summed E-state index contributed by atoms with van der Waals surface area (Å²) in [7, 11) is 0. The van der Waals surface area contributed by atoms with Gasteiger partial charge in [0, 0.05) is 17.0 Å². The molecule has 0 radical (unpaired) electrons. The van der Waals surface area contributed by atoms with Gasteiger partial charge in [-0.1, -0.05) is 35.9 Å². The summed E-state index contributed by atoms with van der Waals surface area (Å²) in [5.74, 6) is 1.32. The number of hydrogen-bond donors (Lipinski definition) is 0. The first kappa shape index (κ1) is 19.0. The van der Waals surface area contributed by atoms with Crippen molar-refractivity contribution in [2.45, 2.75) is 19.4 Å². The third kappa shape index (κ3) is 3.83. The maximum atomic E-state index is 12.1. The lowest BCUT2D eigenvalue weighted by Crippen LogP contribution is -2.17. The summed E-state index contributed by atoms with van der Waals surface area (Å²) in [5.41, 5.74) is 3.81. The van der Waals surface area contributed by atoms with Gasteiger partial charge in [0.15, 0.2) is 5.78 Å². The molecule has 1 aliphatic heterocycles. The van der Waals surface area contributed by atoms with Crippen molar-refractivity contribution in [2.75, 3.05) is 6.61 Å². The van der Waals surface area contributed by atoms with Crippen LogP contribution in [0.5, 0.6) is 11.5 Å². The molecule has 1 aliphatic rings. The highest BCUT2D eigenvalue weighted by Crippen LogP contribution is 2.38. The standard InChI is InChI=1S/C24H18ClNO3/c1-15-22(11-10-20-21(27)12-13-28-23(15)20)29-24(18-6-8-19(25)9-7-18)17-4-2-16(14-26)3-5-17/h2-11,24H,12-13H2,1H3/t24-/m1/s1. The van der Waals surface area contributed by atoms with Crippen molar-refractivity contribution in [2.24, 2.45) is 0 Å². The summed E-state index contributed by atoms with van der Waals surface area (Å²) < 4.78 is 12.2. The van der Waals surface area contributed by atoms with E-state index in [1.165, 1.54) is 0 Å². The van der Waals surface area contributed by atoms with Gasteiger partial charge in [-0.05, 0) is 54.4 Å². The minimum atomic E-state index is -0.406. The van der Waals surface area contributed by atoms with E-state index in [1.807, 2.05) is 49.4 Å². The Balaban J connectivity index is 1.75. The number of fused-ring (bicyclic) bond motifs is 1. The van der Waals surface area contributed by atoms with E-state index in [1.54, 1.807) is 18.2 Å². The normalized spacial score (nSPS) is 13.8. The van der Waals surface area contributed by atoms with Crippen molar-refractivity contribution >= 4 is 17.4 Å². The molecule has 3 aromatic rings. The Labute approximate surface area is 174 Å². The zero-order valence-electron chi connectivity index (χ0n) is 15.8. The van der Waals surface area contributed by atoms with Crippen LogP contribution >= 0.6 is 11.6 Å². The molecule has 0 N–H and O–H groups in total. The maximum absolute atomic E-state index is 12.1.